The molecule has 0 aromatic carbocycles. The highest BCUT2D eigenvalue weighted by Crippen LogP contribution is 2.26. The van der Waals surface area contributed by atoms with Gasteiger partial charge in [0.25, 0.3) is 0 Å². The molecule has 0 saturated carbocycles. The van der Waals surface area contributed by atoms with Gasteiger partial charge in [-0.2, -0.15) is 0 Å². The van der Waals surface area contributed by atoms with E-state index < -0.39 is 67.4 Å². The summed E-state index contributed by atoms with van der Waals surface area (Å²) in [6, 6.07) is -1.07. The molecule has 1 heterocycles. The van der Waals surface area contributed by atoms with Crippen LogP contribution in [0, 0.1) is 0 Å². The van der Waals surface area contributed by atoms with Crippen LogP contribution in [0.2, 0.25) is 0 Å². The summed E-state index contributed by atoms with van der Waals surface area (Å²) in [7, 11) is 0. The Morgan fingerprint density at radius 3 is 1.46 bits per heavy atom. The van der Waals surface area contributed by atoms with Crippen LogP contribution in [0.3, 0.4) is 0 Å². The number of amides is 1. The second-order valence-electron chi connectivity index (χ2n) is 21.5. The van der Waals surface area contributed by atoms with Crippen molar-refractivity contribution in [2.45, 2.75) is 282 Å². The fourth-order valence-corrected chi connectivity index (χ4v) is 9.18. The zero-order valence-electron chi connectivity index (χ0n) is 50.8. The Balaban J connectivity index is 2.61. The number of aliphatic hydroxyl groups excluding tert-OH is 5. The first-order chi connectivity index (χ1) is 39.7. The van der Waals surface area contributed by atoms with Crippen molar-refractivity contribution in [3.8, 4) is 0 Å². The topological polar surface area (TPSA) is 175 Å². The quantitative estimate of drug-likeness (QED) is 0.0149. The number of carbonyl (C=O) groups is 2. The third-order valence-corrected chi connectivity index (χ3v) is 14.2. The Morgan fingerprint density at radius 1 is 0.506 bits per heavy atom. The van der Waals surface area contributed by atoms with E-state index in [-0.39, 0.29) is 19.4 Å². The van der Waals surface area contributed by atoms with Gasteiger partial charge in [0, 0.05) is 6.42 Å². The van der Waals surface area contributed by atoms with Gasteiger partial charge in [0.2, 0.25) is 5.91 Å². The normalized spacial score (nSPS) is 19.6. The molecule has 1 aliphatic rings. The van der Waals surface area contributed by atoms with Crippen LogP contribution in [0.25, 0.3) is 0 Å². The summed E-state index contributed by atoms with van der Waals surface area (Å²) in [5.74, 6) is -1.29. The maximum absolute atomic E-state index is 13.4. The van der Waals surface area contributed by atoms with Crippen molar-refractivity contribution < 1.29 is 49.3 Å². The van der Waals surface area contributed by atoms with E-state index in [1.165, 1.54) is 89.9 Å². The van der Waals surface area contributed by atoms with Crippen molar-refractivity contribution in [2.75, 3.05) is 13.2 Å². The number of hydrogen-bond acceptors (Lipinski definition) is 10. The number of hydrogen-bond donors (Lipinski definition) is 6. The van der Waals surface area contributed by atoms with Gasteiger partial charge in [-0.15, -0.1) is 0 Å². The highest BCUT2D eigenvalue weighted by molar-refractivity contribution is 5.80. The van der Waals surface area contributed by atoms with E-state index in [0.29, 0.717) is 12.8 Å². The van der Waals surface area contributed by atoms with Crippen LogP contribution in [-0.4, -0.2) is 99.6 Å². The van der Waals surface area contributed by atoms with Crippen molar-refractivity contribution in [1.29, 1.82) is 0 Å². The van der Waals surface area contributed by atoms with Gasteiger partial charge in [-0.05, 0) is 83.5 Å². The van der Waals surface area contributed by atoms with Gasteiger partial charge in [0.15, 0.2) is 12.4 Å². The number of nitrogens with one attached hydrogen (secondary N) is 1. The molecule has 0 bridgehead atoms. The lowest BCUT2D eigenvalue weighted by Gasteiger charge is -2.41. The molecule has 1 rings (SSSR count). The molecule has 0 aromatic rings. The maximum Gasteiger partial charge on any atom is 0.306 e. The zero-order valence-corrected chi connectivity index (χ0v) is 50.8. The first kappa shape index (κ1) is 74.8. The van der Waals surface area contributed by atoms with Crippen LogP contribution in [0.4, 0.5) is 0 Å². The molecule has 1 saturated heterocycles. The molecular formula is C70H115NO10. The molecular weight excluding hydrogens is 1010 g/mol. The van der Waals surface area contributed by atoms with Crippen LogP contribution in [0.5, 0.6) is 0 Å². The Hall–Kier alpha value is -4.20. The van der Waals surface area contributed by atoms with Crippen molar-refractivity contribution in [1.82, 2.24) is 5.32 Å². The zero-order chi connectivity index (χ0) is 58.9. The minimum Gasteiger partial charge on any atom is -0.454 e. The SMILES string of the molecule is CC/C=C\C/C=C\C/C=C\C/C=C\C/C=C\CCCCCCCCCCCCCC(=O)OC1C(OCC(NC(=O)C(O)CC/C=C/C=C\C=C/C=C/C=C/CC)C(O)/C=C/CCCCCCCCCCCCC)OC(CO)C(O)C1O. The smallest absolute Gasteiger partial charge is 0.306 e. The molecule has 1 aliphatic heterocycles. The predicted octanol–water partition coefficient (Wildman–Crippen LogP) is 15.6. The van der Waals surface area contributed by atoms with Crippen LogP contribution in [0.1, 0.15) is 233 Å². The molecule has 0 radical (unpaired) electrons. The van der Waals surface area contributed by atoms with Crippen molar-refractivity contribution in [3.63, 3.8) is 0 Å². The number of esters is 1. The summed E-state index contributed by atoms with van der Waals surface area (Å²) in [5, 5.41) is 56.9. The molecule has 8 unspecified atom stereocenters. The second-order valence-corrected chi connectivity index (χ2v) is 21.5. The highest BCUT2D eigenvalue weighted by Gasteiger charge is 2.47. The molecule has 11 heteroatoms. The van der Waals surface area contributed by atoms with Crippen molar-refractivity contribution >= 4 is 11.9 Å². The van der Waals surface area contributed by atoms with E-state index in [1.807, 2.05) is 60.8 Å². The lowest BCUT2D eigenvalue weighted by Crippen LogP contribution is -2.61. The molecule has 0 aromatic heterocycles. The van der Waals surface area contributed by atoms with E-state index in [4.69, 9.17) is 14.2 Å². The summed E-state index contributed by atoms with van der Waals surface area (Å²) in [6.07, 6.45) is 69.4. The number of allylic oxidation sites excluding steroid dienone is 21. The fraction of sp³-hybridized carbons (Fsp3) is 0.657. The summed E-state index contributed by atoms with van der Waals surface area (Å²) >= 11 is 0. The highest BCUT2D eigenvalue weighted by atomic mass is 16.7. The average Bonchev–Trinajstić information content (AvgIpc) is 3.50. The van der Waals surface area contributed by atoms with Crippen LogP contribution >= 0.6 is 0 Å². The molecule has 0 aliphatic carbocycles. The lowest BCUT2D eigenvalue weighted by molar-refractivity contribution is -0.305. The van der Waals surface area contributed by atoms with Crippen LogP contribution in [-0.2, 0) is 23.8 Å². The standard InChI is InChI=1S/C70H115NO10/c1-4-7-10-13-16-19-22-25-26-27-28-29-30-31-32-33-34-35-36-37-38-40-43-46-49-52-55-58-65(75)81-68-67(77)66(76)64(59-72)80-70(68)79-60-61(62(73)56-53-50-47-44-42-39-23-20-17-14-11-8-5-2)71-69(78)63(74)57-54-51-48-45-41-24-21-18-15-12-9-6-3/h7,9-10,12,15-16,18-19,21,24-26,28-29,31-32,41,45,48,51,53,56,61-64,66-68,70,72-74,76-77H,4-6,8,11,13-14,17,20,22-23,27,30,33-40,42-44,46-47,49-50,52,54-55,57-60H2,1-3H3,(H,71,78)/b10-7-,12-9+,18-15+,19-16-,24-21-,26-25-,29-28-,32-31-,45-41-,51-48+,56-53+. The van der Waals surface area contributed by atoms with E-state index in [2.05, 4.69) is 92.9 Å². The predicted molar refractivity (Wildman–Crippen MR) is 337 cm³/mol. The third-order valence-electron chi connectivity index (χ3n) is 14.2. The largest absolute Gasteiger partial charge is 0.454 e. The first-order valence-corrected chi connectivity index (χ1v) is 32.0. The van der Waals surface area contributed by atoms with Crippen molar-refractivity contribution in [3.05, 3.63) is 134 Å². The summed E-state index contributed by atoms with van der Waals surface area (Å²) in [4.78, 5) is 26.5. The van der Waals surface area contributed by atoms with E-state index in [0.717, 1.165) is 96.3 Å². The molecule has 8 atom stereocenters. The molecule has 6 N–H and O–H groups in total. The molecule has 1 fully saturated rings. The fourth-order valence-electron chi connectivity index (χ4n) is 9.18. The van der Waals surface area contributed by atoms with Crippen LogP contribution in [0.15, 0.2) is 134 Å². The Labute approximate surface area is 493 Å². The summed E-state index contributed by atoms with van der Waals surface area (Å²) in [5.41, 5.74) is 0. The van der Waals surface area contributed by atoms with Gasteiger partial charge in [-0.25, -0.2) is 0 Å². The van der Waals surface area contributed by atoms with Gasteiger partial charge in [-0.1, -0.05) is 276 Å². The molecule has 11 nitrogen and oxygen atoms in total. The molecule has 0 spiro atoms. The van der Waals surface area contributed by atoms with Gasteiger partial charge in [0.05, 0.1) is 25.4 Å². The number of unbranched alkanes of at least 4 members (excludes halogenated alkanes) is 22. The van der Waals surface area contributed by atoms with Gasteiger partial charge in [0.1, 0.15) is 24.4 Å². The minimum atomic E-state index is -1.64. The van der Waals surface area contributed by atoms with Crippen molar-refractivity contribution in [2.24, 2.45) is 0 Å². The molecule has 460 valence electrons. The van der Waals surface area contributed by atoms with Crippen LogP contribution < -0.4 is 5.32 Å². The monoisotopic (exact) mass is 1130 g/mol. The number of rotatable bonds is 52. The number of carbonyl (C=O) groups excluding carboxylic acids is 2. The molecule has 1 amide bonds. The first-order valence-electron chi connectivity index (χ1n) is 32.0. The van der Waals surface area contributed by atoms with E-state index >= 15 is 0 Å². The average molecular weight is 1130 g/mol. The summed E-state index contributed by atoms with van der Waals surface area (Å²) in [6.45, 7) is 5.47. The molecule has 81 heavy (non-hydrogen) atoms. The Kier molecular flexibility index (Phi) is 52.0. The van der Waals surface area contributed by atoms with E-state index in [1.54, 1.807) is 6.08 Å². The van der Waals surface area contributed by atoms with Gasteiger partial charge < -0.3 is 45.1 Å². The number of ether oxygens (including phenoxy) is 3. The maximum atomic E-state index is 13.4. The third kappa shape index (κ3) is 44.1. The lowest BCUT2D eigenvalue weighted by atomic mass is 9.99. The van der Waals surface area contributed by atoms with Gasteiger partial charge in [-0.3, -0.25) is 9.59 Å². The van der Waals surface area contributed by atoms with E-state index in [9.17, 15) is 35.1 Å². The number of aliphatic hydroxyl groups is 5. The minimum absolute atomic E-state index is 0.103. The Bertz CT molecular complexity index is 1830. The van der Waals surface area contributed by atoms with Gasteiger partial charge >= 0.3 is 5.97 Å². The second kappa shape index (κ2) is 56.3. The summed E-state index contributed by atoms with van der Waals surface area (Å²) < 4.78 is 17.6. The Morgan fingerprint density at radius 2 is 0.951 bits per heavy atom.